The van der Waals surface area contributed by atoms with Crippen LogP contribution in [0.5, 0.6) is 0 Å². The maximum absolute atomic E-state index is 12.7. The van der Waals surface area contributed by atoms with Crippen LogP contribution in [0.3, 0.4) is 0 Å². The number of nitro groups is 1. The molecule has 28 heavy (non-hydrogen) atoms. The number of hydrogen-bond acceptors (Lipinski definition) is 6. The average molecular weight is 404 g/mol. The minimum Gasteiger partial charge on any atom is -0.329 e. The lowest BCUT2D eigenvalue weighted by atomic mass is 10.2. The van der Waals surface area contributed by atoms with E-state index in [1.54, 1.807) is 12.1 Å². The standard InChI is InChI=1S/C17H16N4O6S/c1-11-5-6-14(21(24)25)8-15(11)28(26,27)19-13-4-2-3-12(7-13)10-20-16(22)9-18-17(20)23/h2-8,19H,9-10H2,1H3,(H,18,23). The van der Waals surface area contributed by atoms with Gasteiger partial charge in [0.05, 0.1) is 22.9 Å². The number of carbonyl (C=O) groups is 2. The Kier molecular flexibility index (Phi) is 5.01. The molecular weight excluding hydrogens is 388 g/mol. The Balaban J connectivity index is 1.85. The number of imide groups is 1. The van der Waals surface area contributed by atoms with Crippen LogP contribution in [0.1, 0.15) is 11.1 Å². The number of nitrogens with one attached hydrogen (secondary N) is 2. The Labute approximate surface area is 160 Å². The lowest BCUT2D eigenvalue weighted by Gasteiger charge is -2.14. The van der Waals surface area contributed by atoms with Gasteiger partial charge >= 0.3 is 6.03 Å². The van der Waals surface area contributed by atoms with Crippen molar-refractivity contribution >= 4 is 33.3 Å². The highest BCUT2D eigenvalue weighted by molar-refractivity contribution is 7.92. The van der Waals surface area contributed by atoms with Crippen LogP contribution in [-0.2, 0) is 21.4 Å². The van der Waals surface area contributed by atoms with Gasteiger partial charge in [0.25, 0.3) is 15.7 Å². The molecule has 0 saturated carbocycles. The highest BCUT2D eigenvalue weighted by atomic mass is 32.2. The number of nitro benzene ring substituents is 1. The normalized spacial score (nSPS) is 14.1. The van der Waals surface area contributed by atoms with E-state index in [1.807, 2.05) is 0 Å². The van der Waals surface area contributed by atoms with E-state index in [-0.39, 0.29) is 35.3 Å². The quantitative estimate of drug-likeness (QED) is 0.427. The van der Waals surface area contributed by atoms with E-state index in [0.29, 0.717) is 11.1 Å². The van der Waals surface area contributed by atoms with Crippen molar-refractivity contribution in [2.75, 3.05) is 11.3 Å². The molecule has 2 aromatic carbocycles. The number of nitrogens with zero attached hydrogens (tertiary/aromatic N) is 2. The van der Waals surface area contributed by atoms with Crippen LogP contribution >= 0.6 is 0 Å². The van der Waals surface area contributed by atoms with Gasteiger partial charge in [-0.2, -0.15) is 0 Å². The van der Waals surface area contributed by atoms with Gasteiger partial charge in [0, 0.05) is 17.8 Å². The molecule has 146 valence electrons. The van der Waals surface area contributed by atoms with Crippen LogP contribution in [0.2, 0.25) is 0 Å². The Morgan fingerprint density at radius 1 is 1.21 bits per heavy atom. The number of anilines is 1. The SMILES string of the molecule is Cc1ccc([N+](=O)[O-])cc1S(=O)(=O)Nc1cccc(CN2C(=O)CNC2=O)c1. The van der Waals surface area contributed by atoms with E-state index in [2.05, 4.69) is 10.0 Å². The molecular formula is C17H16N4O6S. The smallest absolute Gasteiger partial charge is 0.324 e. The third-order valence-corrected chi connectivity index (χ3v) is 5.65. The largest absolute Gasteiger partial charge is 0.329 e. The van der Waals surface area contributed by atoms with Crippen LogP contribution in [0.4, 0.5) is 16.2 Å². The molecule has 0 atom stereocenters. The monoisotopic (exact) mass is 404 g/mol. The fourth-order valence-corrected chi connectivity index (χ4v) is 4.05. The van der Waals surface area contributed by atoms with Crippen molar-refractivity contribution in [3.8, 4) is 0 Å². The van der Waals surface area contributed by atoms with Gasteiger partial charge in [-0.1, -0.05) is 18.2 Å². The Morgan fingerprint density at radius 2 is 1.96 bits per heavy atom. The van der Waals surface area contributed by atoms with Crippen molar-refractivity contribution < 1.29 is 22.9 Å². The first-order valence-electron chi connectivity index (χ1n) is 8.12. The maximum atomic E-state index is 12.7. The second-order valence-electron chi connectivity index (χ2n) is 6.15. The van der Waals surface area contributed by atoms with Gasteiger partial charge in [0.15, 0.2) is 0 Å². The molecule has 3 rings (SSSR count). The van der Waals surface area contributed by atoms with Gasteiger partial charge in [-0.3, -0.25) is 24.5 Å². The van der Waals surface area contributed by atoms with Crippen molar-refractivity contribution in [3.05, 3.63) is 63.7 Å². The first-order valence-corrected chi connectivity index (χ1v) is 9.61. The second kappa shape index (κ2) is 7.27. The van der Waals surface area contributed by atoms with Gasteiger partial charge in [0.1, 0.15) is 0 Å². The first-order chi connectivity index (χ1) is 13.2. The molecule has 0 radical (unpaired) electrons. The summed E-state index contributed by atoms with van der Waals surface area (Å²) in [5.74, 6) is -0.372. The molecule has 1 saturated heterocycles. The highest BCUT2D eigenvalue weighted by Crippen LogP contribution is 2.24. The number of carbonyl (C=O) groups excluding carboxylic acids is 2. The zero-order valence-electron chi connectivity index (χ0n) is 14.7. The molecule has 2 N–H and O–H groups in total. The molecule has 0 aromatic heterocycles. The second-order valence-corrected chi connectivity index (χ2v) is 7.80. The molecule has 10 nitrogen and oxygen atoms in total. The third-order valence-electron chi connectivity index (χ3n) is 4.13. The fourth-order valence-electron chi connectivity index (χ4n) is 2.73. The van der Waals surface area contributed by atoms with E-state index in [4.69, 9.17) is 0 Å². The summed E-state index contributed by atoms with van der Waals surface area (Å²) in [6, 6.07) is 9.29. The van der Waals surface area contributed by atoms with E-state index in [1.165, 1.54) is 31.2 Å². The van der Waals surface area contributed by atoms with Crippen LogP contribution in [0.15, 0.2) is 47.4 Å². The summed E-state index contributed by atoms with van der Waals surface area (Å²) in [6.45, 7) is 1.46. The zero-order valence-corrected chi connectivity index (χ0v) is 15.5. The summed E-state index contributed by atoms with van der Waals surface area (Å²) < 4.78 is 27.8. The number of hydrogen-bond donors (Lipinski definition) is 2. The number of amides is 3. The minimum absolute atomic E-state index is 0.00390. The van der Waals surface area contributed by atoms with Crippen LogP contribution < -0.4 is 10.0 Å². The summed E-state index contributed by atoms with van der Waals surface area (Å²) in [5, 5.41) is 13.3. The first kappa shape index (κ1) is 19.3. The van der Waals surface area contributed by atoms with Gasteiger partial charge in [0.2, 0.25) is 5.91 Å². The number of urea groups is 1. The molecule has 0 aliphatic carbocycles. The summed E-state index contributed by atoms with van der Waals surface area (Å²) in [5.41, 5.74) is 0.767. The van der Waals surface area contributed by atoms with Crippen molar-refractivity contribution in [1.82, 2.24) is 10.2 Å². The van der Waals surface area contributed by atoms with E-state index < -0.39 is 21.0 Å². The van der Waals surface area contributed by atoms with Crippen LogP contribution in [-0.4, -0.2) is 36.7 Å². The van der Waals surface area contributed by atoms with Gasteiger partial charge in [-0.05, 0) is 30.2 Å². The Morgan fingerprint density at radius 3 is 2.61 bits per heavy atom. The molecule has 2 aromatic rings. The zero-order chi connectivity index (χ0) is 20.5. The maximum Gasteiger partial charge on any atom is 0.324 e. The van der Waals surface area contributed by atoms with Crippen LogP contribution in [0.25, 0.3) is 0 Å². The van der Waals surface area contributed by atoms with Crippen LogP contribution in [0, 0.1) is 17.0 Å². The molecule has 11 heteroatoms. The van der Waals surface area contributed by atoms with Gasteiger partial charge in [-0.15, -0.1) is 0 Å². The molecule has 1 heterocycles. The summed E-state index contributed by atoms with van der Waals surface area (Å²) >= 11 is 0. The van der Waals surface area contributed by atoms with E-state index in [0.717, 1.165) is 11.0 Å². The summed E-state index contributed by atoms with van der Waals surface area (Å²) in [6.07, 6.45) is 0. The van der Waals surface area contributed by atoms with Crippen molar-refractivity contribution in [1.29, 1.82) is 0 Å². The third kappa shape index (κ3) is 3.93. The number of benzene rings is 2. The van der Waals surface area contributed by atoms with Gasteiger partial charge < -0.3 is 5.32 Å². The Hall–Kier alpha value is -3.47. The molecule has 0 unspecified atom stereocenters. The topological polar surface area (TPSA) is 139 Å². The molecule has 0 spiro atoms. The summed E-state index contributed by atoms with van der Waals surface area (Å²) in [7, 11) is -4.08. The number of non-ortho nitro benzene ring substituents is 1. The molecule has 1 aliphatic heterocycles. The number of sulfonamides is 1. The minimum atomic E-state index is -4.08. The highest BCUT2D eigenvalue weighted by Gasteiger charge is 2.28. The molecule has 1 fully saturated rings. The van der Waals surface area contributed by atoms with E-state index >= 15 is 0 Å². The van der Waals surface area contributed by atoms with E-state index in [9.17, 15) is 28.1 Å². The number of rotatable bonds is 6. The van der Waals surface area contributed by atoms with Crippen molar-refractivity contribution in [2.45, 2.75) is 18.4 Å². The molecule has 0 bridgehead atoms. The lowest BCUT2D eigenvalue weighted by molar-refractivity contribution is -0.385. The summed E-state index contributed by atoms with van der Waals surface area (Å²) in [4.78, 5) is 34.4. The van der Waals surface area contributed by atoms with Crippen molar-refractivity contribution in [2.24, 2.45) is 0 Å². The Bertz CT molecular complexity index is 1070. The predicted molar refractivity (Wildman–Crippen MR) is 99.0 cm³/mol. The van der Waals surface area contributed by atoms with Gasteiger partial charge in [-0.25, -0.2) is 13.2 Å². The number of aryl methyl sites for hydroxylation is 1. The lowest BCUT2D eigenvalue weighted by Crippen LogP contribution is -2.30. The van der Waals surface area contributed by atoms with Crippen molar-refractivity contribution in [3.63, 3.8) is 0 Å². The predicted octanol–water partition coefficient (Wildman–Crippen LogP) is 1.76. The average Bonchev–Trinajstić information content (AvgIpc) is 2.93. The molecule has 3 amide bonds. The fraction of sp³-hybridized carbons (Fsp3) is 0.176. The molecule has 1 aliphatic rings.